The third kappa shape index (κ3) is 2.79. The quantitative estimate of drug-likeness (QED) is 0.622. The molecule has 1 saturated carbocycles. The van der Waals surface area contributed by atoms with Gasteiger partial charge in [0.2, 0.25) is 0 Å². The molecule has 1 aliphatic rings. The molecule has 0 aromatic heterocycles. The molecular weight excluding hydrogens is 164 g/mol. The van der Waals surface area contributed by atoms with E-state index in [1.807, 2.05) is 0 Å². The predicted octanol–water partition coefficient (Wildman–Crippen LogP) is 3.01. The summed E-state index contributed by atoms with van der Waals surface area (Å²) < 4.78 is 10.8. The van der Waals surface area contributed by atoms with Crippen molar-refractivity contribution in [3.05, 3.63) is 25.7 Å². The van der Waals surface area contributed by atoms with Crippen molar-refractivity contribution in [2.75, 3.05) is 0 Å². The summed E-state index contributed by atoms with van der Waals surface area (Å²) in [6, 6.07) is 0. The Balaban J connectivity index is 2.36. The van der Waals surface area contributed by atoms with Gasteiger partial charge >= 0.3 is 0 Å². The first-order valence-electron chi connectivity index (χ1n) is 4.75. The summed E-state index contributed by atoms with van der Waals surface area (Å²) in [6.07, 6.45) is 7.53. The van der Waals surface area contributed by atoms with Crippen molar-refractivity contribution in [1.29, 1.82) is 0 Å². The van der Waals surface area contributed by atoms with Gasteiger partial charge in [-0.05, 0) is 32.6 Å². The van der Waals surface area contributed by atoms with Gasteiger partial charge < -0.3 is 9.47 Å². The first-order valence-corrected chi connectivity index (χ1v) is 4.75. The van der Waals surface area contributed by atoms with Crippen LogP contribution in [-0.4, -0.2) is 11.7 Å². The molecule has 0 spiro atoms. The van der Waals surface area contributed by atoms with Crippen LogP contribution in [0.4, 0.5) is 0 Å². The highest BCUT2D eigenvalue weighted by Gasteiger charge is 2.32. The Morgan fingerprint density at radius 3 is 2.31 bits per heavy atom. The van der Waals surface area contributed by atoms with Crippen LogP contribution < -0.4 is 0 Å². The predicted molar refractivity (Wildman–Crippen MR) is 53.2 cm³/mol. The van der Waals surface area contributed by atoms with E-state index in [0.717, 1.165) is 25.7 Å². The molecule has 74 valence electrons. The average Bonchev–Trinajstić information content (AvgIpc) is 2.10. The molecule has 13 heavy (non-hydrogen) atoms. The molecule has 0 heterocycles. The van der Waals surface area contributed by atoms with E-state index in [0.29, 0.717) is 6.10 Å². The summed E-state index contributed by atoms with van der Waals surface area (Å²) in [5, 5.41) is 0. The molecule has 0 saturated heterocycles. The molecule has 2 heteroatoms. The lowest BCUT2D eigenvalue weighted by Gasteiger charge is -2.36. The van der Waals surface area contributed by atoms with Crippen LogP contribution in [-0.2, 0) is 9.47 Å². The first-order chi connectivity index (χ1) is 6.20. The minimum Gasteiger partial charge on any atom is -0.499 e. The molecule has 0 atom stereocenters. The van der Waals surface area contributed by atoms with Crippen molar-refractivity contribution in [3.63, 3.8) is 0 Å². The summed E-state index contributed by atoms with van der Waals surface area (Å²) in [6.45, 7) is 9.27. The molecule has 2 nitrogen and oxygen atoms in total. The molecule has 0 bridgehead atoms. The minimum absolute atomic E-state index is 0.0250. The lowest BCUT2D eigenvalue weighted by Crippen LogP contribution is -2.34. The topological polar surface area (TPSA) is 18.5 Å². The first kappa shape index (κ1) is 10.2. The second kappa shape index (κ2) is 4.35. The highest BCUT2D eigenvalue weighted by Crippen LogP contribution is 2.32. The van der Waals surface area contributed by atoms with Crippen molar-refractivity contribution in [1.82, 2.24) is 0 Å². The summed E-state index contributed by atoms with van der Waals surface area (Å²) in [4.78, 5) is 0. The number of rotatable bonds is 4. The van der Waals surface area contributed by atoms with Gasteiger partial charge in [0.1, 0.15) is 5.60 Å². The molecule has 0 unspecified atom stereocenters. The van der Waals surface area contributed by atoms with Gasteiger partial charge in [0.05, 0.1) is 18.6 Å². The maximum absolute atomic E-state index is 5.48. The fourth-order valence-corrected chi connectivity index (χ4v) is 1.79. The Kier molecular flexibility index (Phi) is 3.40. The van der Waals surface area contributed by atoms with Gasteiger partial charge in [-0.1, -0.05) is 13.2 Å². The zero-order valence-corrected chi connectivity index (χ0v) is 8.29. The molecule has 1 fully saturated rings. The van der Waals surface area contributed by atoms with Gasteiger partial charge in [-0.15, -0.1) is 0 Å². The van der Waals surface area contributed by atoms with Gasteiger partial charge in [0, 0.05) is 0 Å². The molecule has 0 aliphatic heterocycles. The standard InChI is InChI=1S/C11H18O2/c1-4-12-10-6-8-11(3,9-7-10)13-5-2/h4-5,10H,1-2,6-9H2,3H3. The van der Waals surface area contributed by atoms with Crippen molar-refractivity contribution in [2.45, 2.75) is 44.3 Å². The van der Waals surface area contributed by atoms with Gasteiger partial charge in [0.25, 0.3) is 0 Å². The van der Waals surface area contributed by atoms with Crippen molar-refractivity contribution < 1.29 is 9.47 Å². The summed E-state index contributed by atoms with van der Waals surface area (Å²) in [7, 11) is 0. The zero-order valence-electron chi connectivity index (χ0n) is 8.29. The fraction of sp³-hybridized carbons (Fsp3) is 0.636. The lowest BCUT2D eigenvalue weighted by molar-refractivity contribution is -0.0313. The van der Waals surface area contributed by atoms with Gasteiger partial charge in [-0.25, -0.2) is 0 Å². The van der Waals surface area contributed by atoms with Crippen LogP contribution in [0.5, 0.6) is 0 Å². The average molecular weight is 182 g/mol. The summed E-state index contributed by atoms with van der Waals surface area (Å²) in [5.41, 5.74) is -0.0250. The molecule has 0 amide bonds. The highest BCUT2D eigenvalue weighted by atomic mass is 16.5. The maximum Gasteiger partial charge on any atom is 0.106 e. The monoisotopic (exact) mass is 182 g/mol. The Bertz CT molecular complexity index is 179. The lowest BCUT2D eigenvalue weighted by atomic mass is 9.84. The maximum atomic E-state index is 5.48. The van der Waals surface area contributed by atoms with Crippen LogP contribution >= 0.6 is 0 Å². The zero-order chi connectivity index (χ0) is 9.73. The molecule has 0 radical (unpaired) electrons. The smallest absolute Gasteiger partial charge is 0.106 e. The van der Waals surface area contributed by atoms with E-state index in [1.54, 1.807) is 0 Å². The summed E-state index contributed by atoms with van der Waals surface area (Å²) in [5.74, 6) is 0. The Hall–Kier alpha value is -0.920. The van der Waals surface area contributed by atoms with E-state index in [4.69, 9.17) is 9.47 Å². The molecule has 1 rings (SSSR count). The van der Waals surface area contributed by atoms with Crippen molar-refractivity contribution in [3.8, 4) is 0 Å². The van der Waals surface area contributed by atoms with E-state index < -0.39 is 0 Å². The molecule has 0 aromatic carbocycles. The van der Waals surface area contributed by atoms with Crippen molar-refractivity contribution >= 4 is 0 Å². The fourth-order valence-electron chi connectivity index (χ4n) is 1.79. The Labute approximate surface area is 80.2 Å². The SMILES string of the molecule is C=COC1CCC(C)(OC=C)CC1. The summed E-state index contributed by atoms with van der Waals surface area (Å²) >= 11 is 0. The van der Waals surface area contributed by atoms with Crippen LogP contribution in [0.25, 0.3) is 0 Å². The van der Waals surface area contributed by atoms with E-state index >= 15 is 0 Å². The van der Waals surface area contributed by atoms with E-state index in [2.05, 4.69) is 20.1 Å². The van der Waals surface area contributed by atoms with Crippen molar-refractivity contribution in [2.24, 2.45) is 0 Å². The van der Waals surface area contributed by atoms with Gasteiger partial charge in [0.15, 0.2) is 0 Å². The molecule has 0 aromatic rings. The van der Waals surface area contributed by atoms with E-state index in [1.165, 1.54) is 12.5 Å². The Morgan fingerprint density at radius 1 is 1.23 bits per heavy atom. The van der Waals surface area contributed by atoms with Crippen LogP contribution in [0.1, 0.15) is 32.6 Å². The van der Waals surface area contributed by atoms with Gasteiger partial charge in [-0.2, -0.15) is 0 Å². The number of ether oxygens (including phenoxy) is 2. The third-order valence-electron chi connectivity index (χ3n) is 2.65. The van der Waals surface area contributed by atoms with Crippen LogP contribution in [0.3, 0.4) is 0 Å². The van der Waals surface area contributed by atoms with Crippen LogP contribution in [0, 0.1) is 0 Å². The molecular formula is C11H18O2. The number of hydrogen-bond acceptors (Lipinski definition) is 2. The largest absolute Gasteiger partial charge is 0.499 e. The van der Waals surface area contributed by atoms with E-state index in [-0.39, 0.29) is 5.60 Å². The number of hydrogen-bond donors (Lipinski definition) is 0. The van der Waals surface area contributed by atoms with Crippen LogP contribution in [0.2, 0.25) is 0 Å². The van der Waals surface area contributed by atoms with E-state index in [9.17, 15) is 0 Å². The Morgan fingerprint density at radius 2 is 1.85 bits per heavy atom. The minimum atomic E-state index is -0.0250. The third-order valence-corrected chi connectivity index (χ3v) is 2.65. The molecule has 0 N–H and O–H groups in total. The second-order valence-electron chi connectivity index (χ2n) is 3.74. The highest BCUT2D eigenvalue weighted by molar-refractivity contribution is 4.85. The second-order valence-corrected chi connectivity index (χ2v) is 3.74. The van der Waals surface area contributed by atoms with Gasteiger partial charge in [-0.3, -0.25) is 0 Å². The van der Waals surface area contributed by atoms with Crippen LogP contribution in [0.15, 0.2) is 25.7 Å². The molecule has 1 aliphatic carbocycles. The normalized spacial score (nSPS) is 33.5.